The zero-order valence-electron chi connectivity index (χ0n) is 6.98. The average molecular weight is 208 g/mol. The average Bonchev–Trinajstić information content (AvgIpc) is 2.16. The van der Waals surface area contributed by atoms with Crippen LogP contribution in [0.1, 0.15) is 24.0 Å². The molecular formula is C8H8F4N2. The molecule has 14 heavy (non-hydrogen) atoms. The Kier molecular flexibility index (Phi) is 3.29. The largest absolute Gasteiger partial charge is 0.324 e. The van der Waals surface area contributed by atoms with E-state index in [-0.39, 0.29) is 5.69 Å². The Labute approximate surface area is 77.7 Å². The number of nitrogens with two attached hydrogens (primary N) is 1. The lowest BCUT2D eigenvalue weighted by Crippen LogP contribution is -2.09. The standard InChI is InChI=1S/C8H8F4N2/c9-7(10)4-1-2-6(14-13)5(3-4)8(11)12/h1-3,7-8,14H,13H2. The quantitative estimate of drug-likeness (QED) is 0.455. The molecule has 1 aromatic carbocycles. The van der Waals surface area contributed by atoms with Crippen molar-refractivity contribution in [3.63, 3.8) is 0 Å². The number of nitrogen functional groups attached to an aromatic ring is 1. The maximum Gasteiger partial charge on any atom is 0.265 e. The lowest BCUT2D eigenvalue weighted by Gasteiger charge is -2.09. The molecule has 0 amide bonds. The zero-order valence-corrected chi connectivity index (χ0v) is 6.98. The molecule has 3 N–H and O–H groups in total. The molecule has 1 aromatic rings. The second-order valence-electron chi connectivity index (χ2n) is 2.59. The van der Waals surface area contributed by atoms with Gasteiger partial charge in [0, 0.05) is 11.1 Å². The third kappa shape index (κ3) is 2.14. The third-order valence-electron chi connectivity index (χ3n) is 1.72. The summed E-state index contributed by atoms with van der Waals surface area (Å²) < 4.78 is 48.9. The number of rotatable bonds is 3. The molecule has 78 valence electrons. The van der Waals surface area contributed by atoms with Gasteiger partial charge in [-0.25, -0.2) is 17.6 Å². The highest BCUT2D eigenvalue weighted by atomic mass is 19.3. The normalized spacial score (nSPS) is 11.1. The Hall–Kier alpha value is -1.30. The van der Waals surface area contributed by atoms with Gasteiger partial charge in [0.15, 0.2) is 0 Å². The van der Waals surface area contributed by atoms with Crippen molar-refractivity contribution in [1.29, 1.82) is 0 Å². The number of halogens is 4. The molecule has 0 unspecified atom stereocenters. The van der Waals surface area contributed by atoms with Crippen molar-refractivity contribution in [2.75, 3.05) is 5.43 Å². The second kappa shape index (κ2) is 4.28. The highest BCUT2D eigenvalue weighted by Crippen LogP contribution is 2.30. The van der Waals surface area contributed by atoms with Crippen LogP contribution in [0, 0.1) is 0 Å². The number of hydrogen-bond acceptors (Lipinski definition) is 2. The van der Waals surface area contributed by atoms with Gasteiger partial charge >= 0.3 is 0 Å². The van der Waals surface area contributed by atoms with Gasteiger partial charge in [0.05, 0.1) is 5.69 Å². The minimum absolute atomic E-state index is 0.0515. The van der Waals surface area contributed by atoms with Gasteiger partial charge in [-0.1, -0.05) is 6.07 Å². The maximum atomic E-state index is 12.3. The van der Waals surface area contributed by atoms with Crippen molar-refractivity contribution in [3.8, 4) is 0 Å². The van der Waals surface area contributed by atoms with E-state index >= 15 is 0 Å². The summed E-state index contributed by atoms with van der Waals surface area (Å²) in [6, 6.07) is 2.89. The van der Waals surface area contributed by atoms with Crippen LogP contribution in [0.25, 0.3) is 0 Å². The molecule has 0 saturated carbocycles. The molecule has 1 rings (SSSR count). The van der Waals surface area contributed by atoms with Crippen LogP contribution in [0.15, 0.2) is 18.2 Å². The Morgan fingerprint density at radius 1 is 1.07 bits per heavy atom. The third-order valence-corrected chi connectivity index (χ3v) is 1.72. The van der Waals surface area contributed by atoms with E-state index < -0.39 is 24.0 Å². The van der Waals surface area contributed by atoms with Gasteiger partial charge < -0.3 is 5.43 Å². The number of benzene rings is 1. The Morgan fingerprint density at radius 2 is 1.71 bits per heavy atom. The van der Waals surface area contributed by atoms with Crippen LogP contribution in [0.4, 0.5) is 23.2 Å². The molecule has 6 heteroatoms. The van der Waals surface area contributed by atoms with Crippen molar-refractivity contribution in [2.24, 2.45) is 5.84 Å². The van der Waals surface area contributed by atoms with E-state index in [1.165, 1.54) is 0 Å². The van der Waals surface area contributed by atoms with Crippen molar-refractivity contribution < 1.29 is 17.6 Å². The van der Waals surface area contributed by atoms with E-state index in [2.05, 4.69) is 0 Å². The number of hydrogen-bond donors (Lipinski definition) is 2. The van der Waals surface area contributed by atoms with E-state index in [0.717, 1.165) is 18.2 Å². The highest BCUT2D eigenvalue weighted by molar-refractivity contribution is 5.52. The first-order valence-electron chi connectivity index (χ1n) is 3.73. The summed E-state index contributed by atoms with van der Waals surface area (Å²) in [6.45, 7) is 0. The fourth-order valence-corrected chi connectivity index (χ4v) is 1.03. The summed E-state index contributed by atoms with van der Waals surface area (Å²) in [5.74, 6) is 4.94. The van der Waals surface area contributed by atoms with Crippen molar-refractivity contribution >= 4 is 5.69 Å². The van der Waals surface area contributed by atoms with Crippen LogP contribution in [0.2, 0.25) is 0 Å². The summed E-state index contributed by atoms with van der Waals surface area (Å²) in [5, 5.41) is 0. The number of hydrazine groups is 1. The molecule has 0 aliphatic rings. The molecule has 0 saturated heterocycles. The van der Waals surface area contributed by atoms with E-state index in [9.17, 15) is 17.6 Å². The molecule has 0 radical (unpaired) electrons. The van der Waals surface area contributed by atoms with Crippen molar-refractivity contribution in [2.45, 2.75) is 12.9 Å². The molecule has 2 nitrogen and oxygen atoms in total. The highest BCUT2D eigenvalue weighted by Gasteiger charge is 2.16. The van der Waals surface area contributed by atoms with Crippen LogP contribution in [0.3, 0.4) is 0 Å². The zero-order chi connectivity index (χ0) is 10.7. The van der Waals surface area contributed by atoms with E-state index in [4.69, 9.17) is 5.84 Å². The van der Waals surface area contributed by atoms with Gasteiger partial charge in [0.25, 0.3) is 12.9 Å². The first-order valence-corrected chi connectivity index (χ1v) is 3.73. The molecule has 0 aromatic heterocycles. The molecule has 0 bridgehead atoms. The molecule has 0 atom stereocenters. The van der Waals surface area contributed by atoms with Crippen LogP contribution in [-0.4, -0.2) is 0 Å². The number of anilines is 1. The summed E-state index contributed by atoms with van der Waals surface area (Å²) in [7, 11) is 0. The summed E-state index contributed by atoms with van der Waals surface area (Å²) in [4.78, 5) is 0. The lowest BCUT2D eigenvalue weighted by molar-refractivity contribution is 0.144. The molecule has 0 heterocycles. The fourth-order valence-electron chi connectivity index (χ4n) is 1.03. The predicted octanol–water partition coefficient (Wildman–Crippen LogP) is 2.85. The topological polar surface area (TPSA) is 38.0 Å². The molecule has 0 fully saturated rings. The summed E-state index contributed by atoms with van der Waals surface area (Å²) in [6.07, 6.45) is -5.60. The summed E-state index contributed by atoms with van der Waals surface area (Å²) in [5.41, 5.74) is 0.999. The molecular weight excluding hydrogens is 200 g/mol. The second-order valence-corrected chi connectivity index (χ2v) is 2.59. The minimum Gasteiger partial charge on any atom is -0.324 e. The van der Waals surface area contributed by atoms with E-state index in [1.807, 2.05) is 5.43 Å². The van der Waals surface area contributed by atoms with Crippen molar-refractivity contribution in [3.05, 3.63) is 29.3 Å². The van der Waals surface area contributed by atoms with Crippen molar-refractivity contribution in [1.82, 2.24) is 0 Å². The Bertz CT molecular complexity index is 314. The number of alkyl halides is 4. The van der Waals surface area contributed by atoms with Gasteiger partial charge in [-0.2, -0.15) is 0 Å². The summed E-state index contributed by atoms with van der Waals surface area (Å²) >= 11 is 0. The monoisotopic (exact) mass is 208 g/mol. The van der Waals surface area contributed by atoms with Gasteiger partial charge in [0.2, 0.25) is 0 Å². The molecule has 0 aliphatic carbocycles. The Morgan fingerprint density at radius 3 is 2.14 bits per heavy atom. The van der Waals surface area contributed by atoms with Crippen LogP contribution >= 0.6 is 0 Å². The first kappa shape index (κ1) is 10.8. The lowest BCUT2D eigenvalue weighted by atomic mass is 10.1. The van der Waals surface area contributed by atoms with Crippen LogP contribution in [0.5, 0.6) is 0 Å². The fraction of sp³-hybridized carbons (Fsp3) is 0.250. The Balaban J connectivity index is 3.14. The van der Waals surface area contributed by atoms with Crippen LogP contribution in [-0.2, 0) is 0 Å². The van der Waals surface area contributed by atoms with Gasteiger partial charge in [-0.05, 0) is 12.1 Å². The van der Waals surface area contributed by atoms with E-state index in [0.29, 0.717) is 0 Å². The van der Waals surface area contributed by atoms with Gasteiger partial charge in [-0.15, -0.1) is 0 Å². The number of nitrogens with one attached hydrogen (secondary N) is 1. The minimum atomic E-state index is -2.83. The maximum absolute atomic E-state index is 12.3. The SMILES string of the molecule is NNc1ccc(C(F)F)cc1C(F)F. The van der Waals surface area contributed by atoms with E-state index in [1.54, 1.807) is 0 Å². The van der Waals surface area contributed by atoms with Crippen LogP contribution < -0.4 is 11.3 Å². The van der Waals surface area contributed by atoms with Gasteiger partial charge in [0.1, 0.15) is 0 Å². The molecule has 0 aliphatic heterocycles. The molecule has 0 spiro atoms. The van der Waals surface area contributed by atoms with Gasteiger partial charge in [-0.3, -0.25) is 5.84 Å². The predicted molar refractivity (Wildman–Crippen MR) is 44.2 cm³/mol. The first-order chi connectivity index (χ1) is 6.56. The smallest absolute Gasteiger partial charge is 0.265 e.